The highest BCUT2D eigenvalue weighted by Gasteiger charge is 2.36. The van der Waals surface area contributed by atoms with Crippen molar-refractivity contribution >= 4 is 5.97 Å². The molecule has 0 aromatic heterocycles. The van der Waals surface area contributed by atoms with Crippen molar-refractivity contribution in [1.82, 2.24) is 0 Å². The van der Waals surface area contributed by atoms with Crippen molar-refractivity contribution in [2.75, 3.05) is 13.2 Å². The van der Waals surface area contributed by atoms with Crippen LogP contribution in [0.1, 0.15) is 92.4 Å². The zero-order valence-corrected chi connectivity index (χ0v) is 17.3. The molecular weight excluding hydrogens is 316 g/mol. The number of aliphatic hydroxyl groups is 1. The first-order chi connectivity index (χ1) is 11.7. The van der Waals surface area contributed by atoms with E-state index >= 15 is 0 Å². The Morgan fingerprint density at radius 3 is 1.88 bits per heavy atom. The van der Waals surface area contributed by atoms with Gasteiger partial charge in [0, 0.05) is 0 Å². The lowest BCUT2D eigenvalue weighted by Crippen LogP contribution is -2.33. The summed E-state index contributed by atoms with van der Waals surface area (Å²) in [6.07, 6.45) is 8.13. The molecule has 0 aromatic rings. The Kier molecular flexibility index (Phi) is 17.5. The van der Waals surface area contributed by atoms with E-state index in [-0.39, 0.29) is 0 Å². The van der Waals surface area contributed by atoms with Crippen molar-refractivity contribution in [1.29, 1.82) is 0 Å². The van der Waals surface area contributed by atoms with Gasteiger partial charge in [0.2, 0.25) is 0 Å². The molecule has 1 aliphatic rings. The summed E-state index contributed by atoms with van der Waals surface area (Å²) in [6, 6.07) is 0. The molecule has 0 bridgehead atoms. The van der Waals surface area contributed by atoms with Crippen molar-refractivity contribution in [3.8, 4) is 0 Å². The van der Waals surface area contributed by atoms with Crippen LogP contribution in [0, 0.1) is 5.41 Å². The fraction of sp³-hybridized carbons (Fsp3) is 0.857. The van der Waals surface area contributed by atoms with Crippen molar-refractivity contribution in [2.24, 2.45) is 5.41 Å². The topological polar surface area (TPSA) is 70.1 Å². The molecule has 4 nitrogen and oxygen atoms in total. The lowest BCUT2D eigenvalue weighted by Gasteiger charge is -2.29. The summed E-state index contributed by atoms with van der Waals surface area (Å²) >= 11 is 0. The molecule has 1 fully saturated rings. The average molecular weight is 359 g/mol. The van der Waals surface area contributed by atoms with E-state index in [1.807, 2.05) is 20.8 Å². The monoisotopic (exact) mass is 358 g/mol. The largest absolute Gasteiger partial charge is 0.481 e. The molecule has 1 rings (SSSR count). The van der Waals surface area contributed by atoms with Crippen LogP contribution in [-0.2, 0) is 9.53 Å². The number of aliphatic carboxylic acids is 1. The zero-order chi connectivity index (χ0) is 19.7. The van der Waals surface area contributed by atoms with Gasteiger partial charge in [-0.1, -0.05) is 57.9 Å². The van der Waals surface area contributed by atoms with E-state index in [9.17, 15) is 15.0 Å². The third-order valence-corrected chi connectivity index (χ3v) is 4.03. The van der Waals surface area contributed by atoms with E-state index in [2.05, 4.69) is 18.2 Å². The fourth-order valence-corrected chi connectivity index (χ4v) is 2.58. The molecule has 1 heterocycles. The number of carbonyl (C=O) groups is 1. The minimum atomic E-state index is -0.751. The average Bonchev–Trinajstić information content (AvgIpc) is 3.37. The van der Waals surface area contributed by atoms with Crippen molar-refractivity contribution in [2.45, 2.75) is 98.5 Å². The highest BCUT2D eigenvalue weighted by molar-refractivity contribution is 5.74. The molecule has 0 saturated carbocycles. The number of aliphatic hydroxyl groups excluding tert-OH is 1. The van der Waals surface area contributed by atoms with Gasteiger partial charge in [-0.3, -0.25) is 4.79 Å². The number of unbranched alkanes of at least 4 members (excludes halogenated alkanes) is 5. The summed E-state index contributed by atoms with van der Waals surface area (Å²) in [5.74, 6) is -0.751. The van der Waals surface area contributed by atoms with Crippen LogP contribution in [0.3, 0.4) is 0 Å². The predicted molar refractivity (Wildman–Crippen MR) is 106 cm³/mol. The number of epoxide rings is 1. The minimum absolute atomic E-state index is 0.369. The number of allylic oxidation sites excluding steroid dienone is 1. The van der Waals surface area contributed by atoms with Crippen LogP contribution >= 0.6 is 0 Å². The fourth-order valence-electron chi connectivity index (χ4n) is 2.58. The molecule has 0 spiro atoms. The molecule has 2 N–H and O–H groups in total. The van der Waals surface area contributed by atoms with E-state index in [4.69, 9.17) is 0 Å². The van der Waals surface area contributed by atoms with Crippen molar-refractivity contribution in [3.63, 3.8) is 0 Å². The van der Waals surface area contributed by atoms with Gasteiger partial charge in [0.15, 0.2) is 0 Å². The maximum Gasteiger partial charge on any atom is 0.309 e. The van der Waals surface area contributed by atoms with Crippen molar-refractivity contribution in [3.05, 3.63) is 12.2 Å². The number of carboxylic acids is 1. The van der Waals surface area contributed by atoms with Crippen LogP contribution in [0.5, 0.6) is 0 Å². The maximum atomic E-state index is 11.4. The van der Waals surface area contributed by atoms with Crippen LogP contribution in [0.2, 0.25) is 0 Å². The SMILES string of the molecule is C1CO1.C=C(C)C.CCCCCCCCC(CC)(CC(C)O)C(=O)O. The molecule has 0 aliphatic carbocycles. The lowest BCUT2D eigenvalue weighted by atomic mass is 9.76. The molecule has 0 radical (unpaired) electrons. The molecule has 1 aliphatic heterocycles. The summed E-state index contributed by atoms with van der Waals surface area (Å²) in [7, 11) is 0. The van der Waals surface area contributed by atoms with Gasteiger partial charge in [-0.05, 0) is 40.0 Å². The minimum Gasteiger partial charge on any atom is -0.481 e. The standard InChI is InChI=1S/C15H30O3.C4H8.C2H4O/c1-4-6-7-8-9-10-11-15(5-2,14(17)18)12-13(3)16;1-4(2)3;1-2-3-1/h13,16H,4-12H2,1-3H3,(H,17,18);1H2,2-3H3;1-2H2. The molecule has 150 valence electrons. The molecule has 0 aromatic carbocycles. The summed E-state index contributed by atoms with van der Waals surface area (Å²) in [5.41, 5.74) is 0.443. The van der Waals surface area contributed by atoms with Gasteiger partial charge in [0.25, 0.3) is 0 Å². The second kappa shape index (κ2) is 16.6. The third-order valence-electron chi connectivity index (χ3n) is 4.03. The van der Waals surface area contributed by atoms with Gasteiger partial charge in [-0.25, -0.2) is 0 Å². The first kappa shape index (κ1) is 26.4. The molecule has 1 saturated heterocycles. The quantitative estimate of drug-likeness (QED) is 0.287. The van der Waals surface area contributed by atoms with Crippen LogP contribution in [0.25, 0.3) is 0 Å². The summed E-state index contributed by atoms with van der Waals surface area (Å²) in [5, 5.41) is 18.9. The van der Waals surface area contributed by atoms with E-state index < -0.39 is 17.5 Å². The Labute approximate surface area is 155 Å². The van der Waals surface area contributed by atoms with E-state index in [0.717, 1.165) is 26.1 Å². The maximum absolute atomic E-state index is 11.4. The molecule has 2 atom stereocenters. The Balaban J connectivity index is 0. The Hall–Kier alpha value is -0.870. The zero-order valence-electron chi connectivity index (χ0n) is 17.3. The van der Waals surface area contributed by atoms with E-state index in [0.29, 0.717) is 19.3 Å². The second-order valence-corrected chi connectivity index (χ2v) is 7.33. The predicted octanol–water partition coefficient (Wildman–Crippen LogP) is 5.59. The normalized spacial score (nSPS) is 15.6. The van der Waals surface area contributed by atoms with Gasteiger partial charge < -0.3 is 14.9 Å². The van der Waals surface area contributed by atoms with Crippen LogP contribution in [0.15, 0.2) is 12.2 Å². The summed E-state index contributed by atoms with van der Waals surface area (Å²) < 4.78 is 4.50. The summed E-state index contributed by atoms with van der Waals surface area (Å²) in [6.45, 7) is 15.3. The van der Waals surface area contributed by atoms with Crippen molar-refractivity contribution < 1.29 is 19.7 Å². The summed E-state index contributed by atoms with van der Waals surface area (Å²) in [4.78, 5) is 11.4. The first-order valence-corrected chi connectivity index (χ1v) is 9.83. The molecule has 2 unspecified atom stereocenters. The lowest BCUT2D eigenvalue weighted by molar-refractivity contribution is -0.151. The second-order valence-electron chi connectivity index (χ2n) is 7.33. The van der Waals surface area contributed by atoms with E-state index in [1.54, 1.807) is 6.92 Å². The number of ether oxygens (including phenoxy) is 1. The van der Waals surface area contributed by atoms with Gasteiger partial charge in [-0.15, -0.1) is 6.58 Å². The molecule has 25 heavy (non-hydrogen) atoms. The van der Waals surface area contributed by atoms with E-state index in [1.165, 1.54) is 31.3 Å². The highest BCUT2D eigenvalue weighted by atomic mass is 16.6. The van der Waals surface area contributed by atoms with Crippen LogP contribution in [-0.4, -0.2) is 35.5 Å². The number of carboxylic acid groups (broad SMARTS) is 1. The first-order valence-electron chi connectivity index (χ1n) is 9.83. The third kappa shape index (κ3) is 19.3. The van der Waals surface area contributed by atoms with Gasteiger partial charge >= 0.3 is 5.97 Å². The molecule has 4 heteroatoms. The Morgan fingerprint density at radius 1 is 1.12 bits per heavy atom. The van der Waals surface area contributed by atoms with Gasteiger partial charge in [0.1, 0.15) is 0 Å². The Morgan fingerprint density at radius 2 is 1.56 bits per heavy atom. The van der Waals surface area contributed by atoms with Crippen LogP contribution < -0.4 is 0 Å². The van der Waals surface area contributed by atoms with Gasteiger partial charge in [0.05, 0.1) is 24.7 Å². The molecular formula is C21H42O4. The van der Waals surface area contributed by atoms with Crippen LogP contribution in [0.4, 0.5) is 0 Å². The van der Waals surface area contributed by atoms with Gasteiger partial charge in [-0.2, -0.15) is 0 Å². The number of hydrogen-bond donors (Lipinski definition) is 2. The highest BCUT2D eigenvalue weighted by Crippen LogP contribution is 2.34. The smallest absolute Gasteiger partial charge is 0.309 e. The number of hydrogen-bond acceptors (Lipinski definition) is 3. The Bertz CT molecular complexity index is 330. The number of rotatable bonds is 11. The molecule has 0 amide bonds.